The van der Waals surface area contributed by atoms with Gasteiger partial charge in [0.15, 0.2) is 5.78 Å². The van der Waals surface area contributed by atoms with Gasteiger partial charge >= 0.3 is 11.9 Å². The van der Waals surface area contributed by atoms with Gasteiger partial charge in [-0.2, -0.15) is 0 Å². The van der Waals surface area contributed by atoms with Gasteiger partial charge in [0, 0.05) is 40.0 Å². The van der Waals surface area contributed by atoms with E-state index in [0.29, 0.717) is 29.5 Å². The van der Waals surface area contributed by atoms with Crippen LogP contribution < -0.4 is 10.5 Å². The molecule has 186 valence electrons. The number of rotatable bonds is 10. The number of benzene rings is 3. The molecule has 3 aromatic carbocycles. The van der Waals surface area contributed by atoms with Gasteiger partial charge in [0.25, 0.3) is 0 Å². The molecule has 0 heterocycles. The molecule has 3 aromatic rings. The molecule has 0 aromatic heterocycles. The van der Waals surface area contributed by atoms with E-state index in [4.69, 9.17) is 28.1 Å². The lowest BCUT2D eigenvalue weighted by Crippen LogP contribution is -2.16. The number of ketones is 1. The third-order valence-corrected chi connectivity index (χ3v) is 5.98. The number of carbonyl (C=O) groups is 3. The largest absolute Gasteiger partial charge is 0.462 e. The van der Waals surface area contributed by atoms with E-state index >= 15 is 0 Å². The Bertz CT molecular complexity index is 1370. The highest BCUT2D eigenvalue weighted by Gasteiger charge is 2.18. The van der Waals surface area contributed by atoms with Gasteiger partial charge in [-0.15, -0.1) is 24.7 Å². The van der Waals surface area contributed by atoms with Crippen molar-refractivity contribution in [3.63, 3.8) is 0 Å². The van der Waals surface area contributed by atoms with Crippen LogP contribution in [-0.2, 0) is 16.0 Å². The summed E-state index contributed by atoms with van der Waals surface area (Å²) in [5, 5.41) is 0. The number of hydrogen-bond acceptors (Lipinski definition) is 6. The lowest BCUT2D eigenvalue weighted by Gasteiger charge is -2.12. The maximum atomic E-state index is 12.9. The second-order valence-corrected chi connectivity index (χ2v) is 9.09. The molecule has 0 spiro atoms. The number of para-hydroxylation sites is 1. The minimum atomic E-state index is -0.603. The molecule has 37 heavy (non-hydrogen) atoms. The van der Waals surface area contributed by atoms with Gasteiger partial charge in [-0.05, 0) is 54.1 Å². The Morgan fingerprint density at radius 1 is 0.919 bits per heavy atom. The third-order valence-electron chi connectivity index (χ3n) is 5.45. The molecular formula is C30H24BrNO5. The quantitative estimate of drug-likeness (QED) is 0.120. The zero-order valence-electron chi connectivity index (χ0n) is 19.9. The Kier molecular flexibility index (Phi) is 9.66. The summed E-state index contributed by atoms with van der Waals surface area (Å²) in [4.78, 5) is 38.0. The van der Waals surface area contributed by atoms with Crippen LogP contribution in [0.2, 0.25) is 0 Å². The van der Waals surface area contributed by atoms with E-state index in [0.717, 1.165) is 4.47 Å². The highest BCUT2D eigenvalue weighted by Crippen LogP contribution is 2.23. The van der Waals surface area contributed by atoms with Gasteiger partial charge in [0.2, 0.25) is 0 Å². The summed E-state index contributed by atoms with van der Waals surface area (Å²) in [6, 6.07) is 17.9. The first-order valence-corrected chi connectivity index (χ1v) is 12.1. The van der Waals surface area contributed by atoms with E-state index in [1.54, 1.807) is 60.7 Å². The van der Waals surface area contributed by atoms with Crippen LogP contribution >= 0.6 is 15.9 Å². The fraction of sp³-hybridized carbons (Fsp3) is 0.167. The van der Waals surface area contributed by atoms with Gasteiger partial charge in [0.1, 0.15) is 5.75 Å². The highest BCUT2D eigenvalue weighted by atomic mass is 79.9. The average Bonchev–Trinajstić information content (AvgIpc) is 2.89. The van der Waals surface area contributed by atoms with Crippen molar-refractivity contribution in [2.45, 2.75) is 19.3 Å². The van der Waals surface area contributed by atoms with Crippen LogP contribution in [0.1, 0.15) is 44.7 Å². The highest BCUT2D eigenvalue weighted by molar-refractivity contribution is 9.10. The predicted molar refractivity (Wildman–Crippen MR) is 145 cm³/mol. The van der Waals surface area contributed by atoms with Crippen molar-refractivity contribution in [1.82, 2.24) is 0 Å². The molecule has 0 bridgehead atoms. The number of nitrogens with two attached hydrogens (primary N) is 1. The van der Waals surface area contributed by atoms with Crippen LogP contribution in [0, 0.1) is 30.6 Å². The van der Waals surface area contributed by atoms with E-state index in [2.05, 4.69) is 27.8 Å². The fourth-order valence-electron chi connectivity index (χ4n) is 3.53. The average molecular weight is 558 g/mol. The first-order chi connectivity index (χ1) is 17.8. The molecule has 0 saturated carbocycles. The summed E-state index contributed by atoms with van der Waals surface area (Å²) in [7, 11) is 0. The van der Waals surface area contributed by atoms with E-state index in [1.165, 1.54) is 6.07 Å². The number of carbonyl (C=O) groups excluding carboxylic acids is 3. The topological polar surface area (TPSA) is 95.7 Å². The van der Waals surface area contributed by atoms with E-state index in [1.807, 2.05) is 0 Å². The number of halogens is 1. The molecule has 0 fully saturated rings. The second kappa shape index (κ2) is 13.1. The molecule has 0 unspecified atom stereocenters. The Labute approximate surface area is 224 Å². The summed E-state index contributed by atoms with van der Waals surface area (Å²) in [5.74, 6) is 3.64. The monoisotopic (exact) mass is 557 g/mol. The van der Waals surface area contributed by atoms with E-state index in [9.17, 15) is 14.4 Å². The van der Waals surface area contributed by atoms with Gasteiger partial charge in [-0.1, -0.05) is 34.1 Å². The van der Waals surface area contributed by atoms with Crippen molar-refractivity contribution in [1.29, 1.82) is 0 Å². The molecule has 6 nitrogen and oxygen atoms in total. The molecule has 0 saturated heterocycles. The standard InChI is InChI=1S/C30H24BrNO5/c1-3-7-20(8-4-2)19-36-30(35)23-10-5-11-25(17-23)37-27(33)18-22-9-6-12-26(28(22)32)29(34)21-13-15-24(31)16-14-21/h1-2,5-6,9-17,20H,7-8,18-19,32H2. The zero-order valence-corrected chi connectivity index (χ0v) is 21.5. The number of anilines is 1. The fourth-order valence-corrected chi connectivity index (χ4v) is 3.80. The number of nitrogen functional groups attached to an aromatic ring is 1. The molecule has 7 heteroatoms. The SMILES string of the molecule is C#CCC(CC#C)COC(=O)c1cccc(OC(=O)Cc2cccc(C(=O)c3ccc(Br)cc3)c2N)c1. The Hall–Kier alpha value is -4.33. The van der Waals surface area contributed by atoms with Crippen molar-refractivity contribution in [2.75, 3.05) is 12.3 Å². The molecule has 0 atom stereocenters. The van der Waals surface area contributed by atoms with Crippen molar-refractivity contribution in [3.8, 4) is 30.4 Å². The number of esters is 2. The van der Waals surface area contributed by atoms with Crippen LogP contribution in [0.15, 0.2) is 71.2 Å². The number of hydrogen-bond donors (Lipinski definition) is 1. The van der Waals surface area contributed by atoms with E-state index < -0.39 is 11.9 Å². The molecule has 0 aliphatic heterocycles. The Balaban J connectivity index is 1.66. The normalized spacial score (nSPS) is 10.3. The zero-order chi connectivity index (χ0) is 26.8. The minimum Gasteiger partial charge on any atom is -0.462 e. The number of terminal acetylenes is 2. The first kappa shape index (κ1) is 27.3. The van der Waals surface area contributed by atoms with Crippen molar-refractivity contribution < 1.29 is 23.9 Å². The van der Waals surface area contributed by atoms with Gasteiger partial charge in [-0.25, -0.2) is 4.79 Å². The molecule has 3 rings (SSSR count). The predicted octanol–water partition coefficient (Wildman–Crippen LogP) is 5.23. The van der Waals surface area contributed by atoms with Crippen LogP contribution in [0.25, 0.3) is 0 Å². The minimum absolute atomic E-state index is 0.0891. The first-order valence-electron chi connectivity index (χ1n) is 11.3. The smallest absolute Gasteiger partial charge is 0.338 e. The number of ether oxygens (including phenoxy) is 2. The maximum Gasteiger partial charge on any atom is 0.338 e. The van der Waals surface area contributed by atoms with Crippen LogP contribution in [0.4, 0.5) is 5.69 Å². The lowest BCUT2D eigenvalue weighted by atomic mass is 9.98. The molecular weight excluding hydrogens is 534 g/mol. The summed E-state index contributed by atoms with van der Waals surface area (Å²) >= 11 is 3.34. The summed E-state index contributed by atoms with van der Waals surface area (Å²) in [6.45, 7) is 0.0891. The molecule has 0 aliphatic carbocycles. The third kappa shape index (κ3) is 7.57. The molecule has 0 radical (unpaired) electrons. The van der Waals surface area contributed by atoms with E-state index in [-0.39, 0.29) is 41.7 Å². The molecule has 2 N–H and O–H groups in total. The van der Waals surface area contributed by atoms with Gasteiger partial charge in [-0.3, -0.25) is 9.59 Å². The molecule has 0 amide bonds. The Morgan fingerprint density at radius 2 is 1.59 bits per heavy atom. The van der Waals surface area contributed by atoms with Gasteiger partial charge < -0.3 is 15.2 Å². The Morgan fingerprint density at radius 3 is 2.27 bits per heavy atom. The summed E-state index contributed by atoms with van der Waals surface area (Å²) in [5.41, 5.74) is 7.88. The molecule has 0 aliphatic rings. The summed E-state index contributed by atoms with van der Waals surface area (Å²) < 4.78 is 11.6. The summed E-state index contributed by atoms with van der Waals surface area (Å²) in [6.07, 6.45) is 11.3. The van der Waals surface area contributed by atoms with Crippen molar-refractivity contribution in [3.05, 3.63) is 93.5 Å². The van der Waals surface area contributed by atoms with Crippen LogP contribution in [0.3, 0.4) is 0 Å². The van der Waals surface area contributed by atoms with Crippen molar-refractivity contribution in [2.24, 2.45) is 5.92 Å². The van der Waals surface area contributed by atoms with Crippen molar-refractivity contribution >= 4 is 39.3 Å². The van der Waals surface area contributed by atoms with Crippen LogP contribution in [-0.4, -0.2) is 24.3 Å². The van der Waals surface area contributed by atoms with Gasteiger partial charge in [0.05, 0.1) is 18.6 Å². The maximum absolute atomic E-state index is 12.9. The van der Waals surface area contributed by atoms with Crippen LogP contribution in [0.5, 0.6) is 5.75 Å². The lowest BCUT2D eigenvalue weighted by molar-refractivity contribution is -0.133. The second-order valence-electron chi connectivity index (χ2n) is 8.17.